The van der Waals surface area contributed by atoms with Gasteiger partial charge in [-0.25, -0.2) is 0 Å². The lowest BCUT2D eigenvalue weighted by atomic mass is 9.61. The average Bonchev–Trinajstić information content (AvgIpc) is 3.78. The molecule has 1 fully saturated rings. The number of aromatic nitrogens is 1. The summed E-state index contributed by atoms with van der Waals surface area (Å²) in [5, 5.41) is 8.42. The van der Waals surface area contributed by atoms with Crippen LogP contribution in [-0.2, 0) is 27.1 Å². The first-order valence-electron chi connectivity index (χ1n) is 26.3. The molecule has 0 saturated heterocycles. The van der Waals surface area contributed by atoms with Crippen molar-refractivity contribution in [2.45, 2.75) is 153 Å². The van der Waals surface area contributed by atoms with Crippen LogP contribution in [0.3, 0.4) is 0 Å². The van der Waals surface area contributed by atoms with Gasteiger partial charge in [0, 0.05) is 33.2 Å². The first kappa shape index (κ1) is 44.6. The van der Waals surface area contributed by atoms with Crippen molar-refractivity contribution in [3.05, 3.63) is 186 Å². The highest BCUT2D eigenvalue weighted by atomic mass is 28.3. The molecular weight excluding hydrogens is 849 g/mol. The second-order valence-electron chi connectivity index (χ2n) is 24.9. The van der Waals surface area contributed by atoms with Gasteiger partial charge >= 0.3 is 0 Å². The predicted molar refractivity (Wildman–Crippen MR) is 298 cm³/mol. The lowest BCUT2D eigenvalue weighted by Gasteiger charge is -2.50. The summed E-state index contributed by atoms with van der Waals surface area (Å²) in [7, 11) is -3.03. The summed E-state index contributed by atoms with van der Waals surface area (Å²) in [4.78, 5) is 2.73. The third kappa shape index (κ3) is 6.34. The van der Waals surface area contributed by atoms with Crippen molar-refractivity contribution < 1.29 is 0 Å². The van der Waals surface area contributed by atoms with Crippen LogP contribution in [0.2, 0.25) is 0 Å². The quantitative estimate of drug-likeness (QED) is 0.119. The number of rotatable bonds is 6. The highest BCUT2D eigenvalue weighted by molar-refractivity contribution is 7.20. The molecule has 0 amide bonds. The van der Waals surface area contributed by atoms with Crippen molar-refractivity contribution in [2.24, 2.45) is 0 Å². The van der Waals surface area contributed by atoms with Crippen LogP contribution in [0.1, 0.15) is 148 Å². The zero-order valence-corrected chi connectivity index (χ0v) is 44.1. The van der Waals surface area contributed by atoms with E-state index in [-0.39, 0.29) is 32.6 Å². The number of benzene rings is 7. The van der Waals surface area contributed by atoms with Crippen LogP contribution in [0.25, 0.3) is 27.5 Å². The van der Waals surface area contributed by atoms with Gasteiger partial charge in [-0.1, -0.05) is 190 Å². The molecule has 69 heavy (non-hydrogen) atoms. The molecular formula is C66H72N2Si. The predicted octanol–water partition coefficient (Wildman–Crippen LogP) is 14.6. The van der Waals surface area contributed by atoms with E-state index >= 15 is 0 Å². The Kier molecular flexibility index (Phi) is 9.80. The number of fused-ring (bicyclic) bond motifs is 8. The van der Waals surface area contributed by atoms with Gasteiger partial charge in [0.15, 0.2) is 8.07 Å². The van der Waals surface area contributed by atoms with Crippen molar-refractivity contribution >= 4 is 62.0 Å². The Hall–Kier alpha value is -5.64. The van der Waals surface area contributed by atoms with Gasteiger partial charge in [0.25, 0.3) is 0 Å². The summed E-state index contributed by atoms with van der Waals surface area (Å²) in [5.74, 6) is 0. The fourth-order valence-corrected chi connectivity index (χ4v) is 19.5. The molecule has 7 aromatic carbocycles. The van der Waals surface area contributed by atoms with Crippen molar-refractivity contribution in [1.29, 1.82) is 0 Å². The lowest BCUT2D eigenvalue weighted by molar-refractivity contribution is 0.195. The first-order chi connectivity index (χ1) is 32.9. The van der Waals surface area contributed by atoms with Gasteiger partial charge in [-0.3, -0.25) is 0 Å². The Morgan fingerprint density at radius 2 is 0.899 bits per heavy atom. The summed E-state index contributed by atoms with van der Waals surface area (Å²) in [6.45, 7) is 24.9. The number of nitrogens with zero attached hydrogens (tertiary/aromatic N) is 2. The Balaban J connectivity index is 1.11. The second kappa shape index (κ2) is 15.2. The Morgan fingerprint density at radius 1 is 0.362 bits per heavy atom. The zero-order valence-electron chi connectivity index (χ0n) is 43.1. The monoisotopic (exact) mass is 921 g/mol. The summed E-state index contributed by atoms with van der Waals surface area (Å²) < 4.78 is 2.57. The summed E-state index contributed by atoms with van der Waals surface area (Å²) in [6.07, 6.45) is 9.76. The van der Waals surface area contributed by atoms with Crippen LogP contribution in [-0.4, -0.2) is 18.2 Å². The molecule has 2 unspecified atom stereocenters. The molecule has 2 atom stereocenters. The van der Waals surface area contributed by atoms with Gasteiger partial charge in [-0.2, -0.15) is 0 Å². The van der Waals surface area contributed by atoms with Crippen LogP contribution in [0.4, 0.5) is 11.4 Å². The molecule has 0 radical (unpaired) electrons. The van der Waals surface area contributed by atoms with E-state index in [0.717, 1.165) is 0 Å². The number of para-hydroxylation sites is 2. The molecule has 2 heterocycles. The molecule has 4 aliphatic rings. The van der Waals surface area contributed by atoms with E-state index in [4.69, 9.17) is 0 Å². The second-order valence-corrected chi connectivity index (χ2v) is 28.8. The van der Waals surface area contributed by atoms with Gasteiger partial charge in [-0.15, -0.1) is 0 Å². The van der Waals surface area contributed by atoms with Gasteiger partial charge in [0.05, 0.1) is 16.6 Å². The smallest absolute Gasteiger partial charge is 0.179 e. The van der Waals surface area contributed by atoms with Gasteiger partial charge in [0.2, 0.25) is 0 Å². The minimum atomic E-state index is -3.03. The van der Waals surface area contributed by atoms with Crippen molar-refractivity contribution in [1.82, 2.24) is 4.57 Å². The van der Waals surface area contributed by atoms with Crippen molar-refractivity contribution in [3.63, 3.8) is 0 Å². The molecule has 8 aromatic rings. The maximum atomic E-state index is 2.73. The van der Waals surface area contributed by atoms with E-state index in [2.05, 4.69) is 236 Å². The van der Waals surface area contributed by atoms with Gasteiger partial charge in [-0.05, 0) is 158 Å². The topological polar surface area (TPSA) is 8.17 Å². The summed E-state index contributed by atoms with van der Waals surface area (Å²) in [5.41, 5.74) is 14.5. The Labute approximate surface area is 413 Å². The molecule has 0 N–H and O–H groups in total. The maximum absolute atomic E-state index is 3.03. The van der Waals surface area contributed by atoms with Gasteiger partial charge in [0.1, 0.15) is 0 Å². The highest BCUT2D eigenvalue weighted by Crippen LogP contribution is 2.61. The lowest BCUT2D eigenvalue weighted by Crippen LogP contribution is -2.75. The summed E-state index contributed by atoms with van der Waals surface area (Å²) in [6, 6.07) is 63.0. The van der Waals surface area contributed by atoms with Crippen LogP contribution in [0.5, 0.6) is 0 Å². The molecule has 3 aliphatic carbocycles. The number of hydrogen-bond donors (Lipinski definition) is 0. The van der Waals surface area contributed by atoms with E-state index in [1.54, 1.807) is 0 Å². The number of anilines is 2. The van der Waals surface area contributed by atoms with Gasteiger partial charge < -0.3 is 9.47 Å². The third-order valence-electron chi connectivity index (χ3n) is 19.2. The first-order valence-corrected chi connectivity index (χ1v) is 28.3. The minimum Gasteiger partial charge on any atom is -0.334 e. The highest BCUT2D eigenvalue weighted by Gasteiger charge is 2.57. The van der Waals surface area contributed by atoms with E-state index in [1.807, 2.05) is 0 Å². The Morgan fingerprint density at radius 3 is 1.57 bits per heavy atom. The average molecular weight is 921 g/mol. The molecule has 0 spiro atoms. The maximum Gasteiger partial charge on any atom is 0.179 e. The number of hydrogen-bond acceptors (Lipinski definition) is 1. The Bertz CT molecular complexity index is 3270. The van der Waals surface area contributed by atoms with E-state index < -0.39 is 8.07 Å². The SMILES string of the molecule is CC1(C)CCC(C)(C)c2cc([Si](c3ccccc3)(c3cccc(-n4c5ccccc5c5cc(N6c7ccccc7C7(C)CCCCC67C)ccc54)c3)c3ccc4c(c3)C(C)(C)CCC4(C)C)ccc21. The van der Waals surface area contributed by atoms with Crippen LogP contribution >= 0.6 is 0 Å². The molecule has 3 heteroatoms. The fourth-order valence-electron chi connectivity index (χ4n) is 14.7. The summed E-state index contributed by atoms with van der Waals surface area (Å²) >= 11 is 0. The molecule has 1 aromatic heterocycles. The molecule has 350 valence electrons. The van der Waals surface area contributed by atoms with Crippen LogP contribution in [0, 0.1) is 0 Å². The fraction of sp³-hybridized carbons (Fsp3) is 0.364. The zero-order chi connectivity index (χ0) is 47.9. The van der Waals surface area contributed by atoms with E-state index in [0.29, 0.717) is 0 Å². The van der Waals surface area contributed by atoms with Crippen LogP contribution < -0.4 is 25.6 Å². The normalized spacial score (nSPS) is 23.0. The standard InChI is InChI=1S/C66H72N2Si/c1-61(2)37-39-63(5,6)56-43-49(30-32-53(56)61)69(47-22-12-11-13-23-47,50-31-33-54-57(44-50)64(7,8)40-38-62(54,3)4)48-24-20-21-45(41-48)67-58-27-16-14-25-51(58)52-42-46(29-34-59(52)67)68-60-28-17-15-26-55(60)65(9)35-18-19-36-66(65,68)10/h11-17,20-34,41-44H,18-19,35-40H2,1-10H3. The van der Waals surface area contributed by atoms with E-state index in [9.17, 15) is 0 Å². The third-order valence-corrected chi connectivity index (χ3v) is 24.0. The minimum absolute atomic E-state index is 0.00398. The van der Waals surface area contributed by atoms with E-state index in [1.165, 1.54) is 139 Å². The van der Waals surface area contributed by atoms with Crippen LogP contribution in [0.15, 0.2) is 158 Å². The molecule has 1 saturated carbocycles. The molecule has 2 nitrogen and oxygen atoms in total. The molecule has 1 aliphatic heterocycles. The largest absolute Gasteiger partial charge is 0.334 e. The van der Waals surface area contributed by atoms with Crippen molar-refractivity contribution in [3.8, 4) is 5.69 Å². The van der Waals surface area contributed by atoms with Crippen molar-refractivity contribution in [2.75, 3.05) is 4.90 Å². The molecule has 12 rings (SSSR count). The molecule has 0 bridgehead atoms.